The highest BCUT2D eigenvalue weighted by molar-refractivity contribution is 5.47. The molecule has 0 aromatic heterocycles. The fourth-order valence-corrected chi connectivity index (χ4v) is 5.09. The molecule has 1 fully saturated rings. The number of rotatable bonds is 7. The van der Waals surface area contributed by atoms with Crippen LogP contribution in [-0.2, 0) is 11.8 Å². The molecule has 3 aromatic rings. The molecule has 2 nitrogen and oxygen atoms in total. The molecule has 3 aromatic carbocycles. The van der Waals surface area contributed by atoms with Crippen molar-refractivity contribution in [3.63, 3.8) is 0 Å². The van der Waals surface area contributed by atoms with Gasteiger partial charge in [0.15, 0.2) is 0 Å². The number of nitriles is 1. The molecule has 0 unspecified atom stereocenters. The van der Waals surface area contributed by atoms with Crippen molar-refractivity contribution in [1.82, 2.24) is 5.32 Å². The zero-order chi connectivity index (χ0) is 20.7. The molecule has 0 bridgehead atoms. The van der Waals surface area contributed by atoms with E-state index in [1.165, 1.54) is 12.0 Å². The zero-order valence-corrected chi connectivity index (χ0v) is 17.5. The Kier molecular flexibility index (Phi) is 6.62. The van der Waals surface area contributed by atoms with Crippen LogP contribution in [0.3, 0.4) is 0 Å². The van der Waals surface area contributed by atoms with Crippen LogP contribution in [0, 0.1) is 17.2 Å². The van der Waals surface area contributed by atoms with Gasteiger partial charge in [-0.2, -0.15) is 5.26 Å². The number of benzene rings is 3. The fourth-order valence-electron chi connectivity index (χ4n) is 5.09. The third kappa shape index (κ3) is 4.32. The standard InChI is InChI=1S/C28H30N2/c29-22-28(24-13-6-2-7-14-24,25-15-8-3-9-16-25)26-17-10-18-27(21-26)30-20-19-23-11-4-1-5-12-23/h1-9,11-16,26-27,30H,10,17-21H2/t26-,27+/m1/s1. The van der Waals surface area contributed by atoms with Crippen LogP contribution in [-0.4, -0.2) is 12.6 Å². The van der Waals surface area contributed by atoms with Crippen LogP contribution in [0.5, 0.6) is 0 Å². The largest absolute Gasteiger partial charge is 0.314 e. The van der Waals surface area contributed by atoms with E-state index in [2.05, 4.69) is 90.2 Å². The highest BCUT2D eigenvalue weighted by Crippen LogP contribution is 2.45. The molecule has 1 aliphatic carbocycles. The van der Waals surface area contributed by atoms with Crippen molar-refractivity contribution < 1.29 is 0 Å². The first kappa shape index (κ1) is 20.4. The molecule has 1 aliphatic rings. The predicted molar refractivity (Wildman–Crippen MR) is 123 cm³/mol. The molecule has 0 aliphatic heterocycles. The minimum atomic E-state index is -0.595. The number of hydrogen-bond acceptors (Lipinski definition) is 2. The van der Waals surface area contributed by atoms with Crippen molar-refractivity contribution >= 4 is 0 Å². The SMILES string of the molecule is N#CC(c1ccccc1)(c1ccccc1)[C@@H]1CCC[C@H](NCCc2ccccc2)C1. The molecule has 1 N–H and O–H groups in total. The van der Waals surface area contributed by atoms with E-state index in [1.807, 2.05) is 12.1 Å². The van der Waals surface area contributed by atoms with Crippen molar-refractivity contribution in [1.29, 1.82) is 5.26 Å². The second-order valence-corrected chi connectivity index (χ2v) is 8.40. The van der Waals surface area contributed by atoms with E-state index in [0.717, 1.165) is 43.4 Å². The Balaban J connectivity index is 1.54. The summed E-state index contributed by atoms with van der Waals surface area (Å²) in [6.07, 6.45) is 5.52. The summed E-state index contributed by atoms with van der Waals surface area (Å²) in [7, 11) is 0. The van der Waals surface area contributed by atoms with Gasteiger partial charge in [0.2, 0.25) is 0 Å². The molecule has 0 spiro atoms. The molecule has 0 radical (unpaired) electrons. The first-order valence-corrected chi connectivity index (χ1v) is 11.1. The molecule has 2 heteroatoms. The Morgan fingerprint density at radius 1 is 0.800 bits per heavy atom. The van der Waals surface area contributed by atoms with E-state index in [1.54, 1.807) is 0 Å². The third-order valence-electron chi connectivity index (χ3n) is 6.61. The van der Waals surface area contributed by atoms with E-state index in [4.69, 9.17) is 0 Å². The number of nitrogens with zero attached hydrogens (tertiary/aromatic N) is 1. The Labute approximate surface area is 180 Å². The van der Waals surface area contributed by atoms with Gasteiger partial charge in [-0.3, -0.25) is 0 Å². The second kappa shape index (κ2) is 9.74. The van der Waals surface area contributed by atoms with Crippen molar-refractivity contribution in [2.45, 2.75) is 43.6 Å². The monoisotopic (exact) mass is 394 g/mol. The van der Waals surface area contributed by atoms with E-state index in [-0.39, 0.29) is 0 Å². The quantitative estimate of drug-likeness (QED) is 0.542. The lowest BCUT2D eigenvalue weighted by atomic mass is 9.61. The summed E-state index contributed by atoms with van der Waals surface area (Å²) in [5, 5.41) is 14.4. The van der Waals surface area contributed by atoms with Crippen molar-refractivity contribution in [2.24, 2.45) is 5.92 Å². The molecule has 0 saturated heterocycles. The highest BCUT2D eigenvalue weighted by Gasteiger charge is 2.44. The molecule has 152 valence electrons. The Bertz CT molecular complexity index is 905. The summed E-state index contributed by atoms with van der Waals surface area (Å²) >= 11 is 0. The second-order valence-electron chi connectivity index (χ2n) is 8.40. The summed E-state index contributed by atoms with van der Waals surface area (Å²) in [5.41, 5.74) is 3.02. The van der Waals surface area contributed by atoms with Crippen molar-refractivity contribution in [3.05, 3.63) is 108 Å². The minimum absolute atomic E-state index is 0.301. The van der Waals surface area contributed by atoms with Gasteiger partial charge in [-0.1, -0.05) is 97.4 Å². The van der Waals surface area contributed by atoms with Crippen molar-refractivity contribution in [2.75, 3.05) is 6.54 Å². The van der Waals surface area contributed by atoms with Crippen LogP contribution < -0.4 is 5.32 Å². The molecule has 0 heterocycles. The summed E-state index contributed by atoms with van der Waals surface area (Å²) < 4.78 is 0. The lowest BCUT2D eigenvalue weighted by molar-refractivity contribution is 0.235. The lowest BCUT2D eigenvalue weighted by Crippen LogP contribution is -2.43. The van der Waals surface area contributed by atoms with E-state index in [0.29, 0.717) is 12.0 Å². The van der Waals surface area contributed by atoms with Gasteiger partial charge in [0.05, 0.1) is 6.07 Å². The molecular formula is C28H30N2. The molecule has 2 atom stereocenters. The summed E-state index contributed by atoms with van der Waals surface area (Å²) in [5.74, 6) is 0.301. The zero-order valence-electron chi connectivity index (χ0n) is 17.5. The maximum absolute atomic E-state index is 10.6. The topological polar surface area (TPSA) is 35.8 Å². The van der Waals surface area contributed by atoms with E-state index >= 15 is 0 Å². The van der Waals surface area contributed by atoms with E-state index in [9.17, 15) is 5.26 Å². The van der Waals surface area contributed by atoms with Crippen molar-refractivity contribution in [3.8, 4) is 6.07 Å². The van der Waals surface area contributed by atoms with Gasteiger partial charge >= 0.3 is 0 Å². The van der Waals surface area contributed by atoms with Crippen LogP contribution in [0.15, 0.2) is 91.0 Å². The number of hydrogen-bond donors (Lipinski definition) is 1. The molecule has 4 rings (SSSR count). The normalized spacial score (nSPS) is 19.2. The van der Waals surface area contributed by atoms with E-state index < -0.39 is 5.41 Å². The summed E-state index contributed by atoms with van der Waals surface area (Å²) in [6, 6.07) is 34.7. The summed E-state index contributed by atoms with van der Waals surface area (Å²) in [4.78, 5) is 0. The fraction of sp³-hybridized carbons (Fsp3) is 0.321. The minimum Gasteiger partial charge on any atom is -0.314 e. The average Bonchev–Trinajstić information content (AvgIpc) is 2.82. The Morgan fingerprint density at radius 2 is 1.37 bits per heavy atom. The summed E-state index contributed by atoms with van der Waals surface area (Å²) in [6.45, 7) is 0.984. The first-order chi connectivity index (χ1) is 14.8. The lowest BCUT2D eigenvalue weighted by Gasteiger charge is -2.41. The smallest absolute Gasteiger partial charge is 0.110 e. The molecule has 1 saturated carbocycles. The molecular weight excluding hydrogens is 364 g/mol. The Morgan fingerprint density at radius 3 is 1.93 bits per heavy atom. The maximum atomic E-state index is 10.6. The van der Waals surface area contributed by atoms with Gasteiger partial charge in [0.25, 0.3) is 0 Å². The van der Waals surface area contributed by atoms with Gasteiger partial charge in [0, 0.05) is 6.04 Å². The van der Waals surface area contributed by atoms with Crippen LogP contribution in [0.2, 0.25) is 0 Å². The Hall–Kier alpha value is -2.89. The van der Waals surface area contributed by atoms with Gasteiger partial charge in [0.1, 0.15) is 5.41 Å². The van der Waals surface area contributed by atoms with Gasteiger partial charge in [-0.05, 0) is 54.8 Å². The average molecular weight is 395 g/mol. The van der Waals surface area contributed by atoms with Gasteiger partial charge in [-0.25, -0.2) is 0 Å². The predicted octanol–water partition coefficient (Wildman–Crippen LogP) is 5.89. The first-order valence-electron chi connectivity index (χ1n) is 11.1. The maximum Gasteiger partial charge on any atom is 0.110 e. The van der Waals surface area contributed by atoms with Crippen LogP contribution in [0.25, 0.3) is 0 Å². The van der Waals surface area contributed by atoms with Gasteiger partial charge < -0.3 is 5.32 Å². The molecule has 0 amide bonds. The van der Waals surface area contributed by atoms with Crippen LogP contribution in [0.4, 0.5) is 0 Å². The molecule has 30 heavy (non-hydrogen) atoms. The van der Waals surface area contributed by atoms with Crippen LogP contribution >= 0.6 is 0 Å². The van der Waals surface area contributed by atoms with Gasteiger partial charge in [-0.15, -0.1) is 0 Å². The number of nitrogens with one attached hydrogen (secondary N) is 1. The third-order valence-corrected chi connectivity index (χ3v) is 6.61. The van der Waals surface area contributed by atoms with Crippen LogP contribution in [0.1, 0.15) is 42.4 Å². The highest BCUT2D eigenvalue weighted by atomic mass is 14.9.